The zero-order valence-electron chi connectivity index (χ0n) is 30.6. The van der Waals surface area contributed by atoms with Crippen LogP contribution in [0.4, 0.5) is 10.5 Å². The van der Waals surface area contributed by atoms with Crippen LogP contribution in [0, 0.1) is 10.1 Å². The molecule has 2 unspecified atom stereocenters. The maximum Gasteiger partial charge on any atom is 0.719 e. The molecule has 0 saturated carbocycles. The highest BCUT2D eigenvalue weighted by molar-refractivity contribution is 7.57. The molecule has 3 aliphatic heterocycles. The van der Waals surface area contributed by atoms with Crippen molar-refractivity contribution >= 4 is 37.5 Å². The molecule has 8 rings (SSSR count). The molecule has 0 radical (unpaired) electrons. The topological polar surface area (TPSA) is 162 Å². The van der Waals surface area contributed by atoms with E-state index in [0.717, 1.165) is 5.56 Å². The van der Waals surface area contributed by atoms with E-state index in [2.05, 4.69) is 0 Å². The van der Waals surface area contributed by atoms with Crippen LogP contribution in [0.25, 0.3) is 0 Å². The standard InChI is InChI=1S/C42H35ClN3O11P/c43-42(57-58(54-32-15-7-2-8-16-32,55-33-17-9-3-10-18-33)56-34-19-11-4-12-20-34)26-25-35-37(44-36(28-53-41(44)49)30-13-5-1-6-14-30)39(47)45(35)38(42)40(48)52-27-29-21-23-31(24-22-29)46(50)51/h1-24,35-37H,25-28H2/b40-38-/t35-,36?,37+,42?/m1/s1. The van der Waals surface area contributed by atoms with Crippen LogP contribution in [0.3, 0.4) is 0 Å². The number of benzene rings is 5. The Balaban J connectivity index is 1.20. The number of carbonyl (C=O) groups is 2. The number of non-ortho nitro benzene ring substituents is 1. The molecule has 4 atom stereocenters. The molecule has 5 aromatic rings. The molecule has 3 fully saturated rings. The highest BCUT2D eigenvalue weighted by Gasteiger charge is 2.68. The molecule has 58 heavy (non-hydrogen) atoms. The second-order valence-electron chi connectivity index (χ2n) is 13.5. The van der Waals surface area contributed by atoms with Gasteiger partial charge in [0.05, 0.1) is 28.6 Å². The van der Waals surface area contributed by atoms with Crippen LogP contribution in [0.1, 0.15) is 30.0 Å². The van der Waals surface area contributed by atoms with Gasteiger partial charge in [-0.2, -0.15) is 0 Å². The monoisotopic (exact) mass is 823 g/mol. The molecular weight excluding hydrogens is 789 g/mol. The number of carbonyl (C=O) groups excluding carboxylic acids is 2. The van der Waals surface area contributed by atoms with E-state index in [9.17, 15) is 24.8 Å². The number of nitro groups is 1. The highest BCUT2D eigenvalue weighted by Crippen LogP contribution is 2.67. The van der Waals surface area contributed by atoms with Gasteiger partial charge in [-0.25, -0.2) is 18.4 Å². The van der Waals surface area contributed by atoms with Crippen LogP contribution in [0.2, 0.25) is 0 Å². The number of halogens is 1. The van der Waals surface area contributed by atoms with E-state index >= 15 is 0 Å². The number of nitrogens with zero attached hydrogens (tertiary/aromatic N) is 3. The minimum absolute atomic E-state index is 0.0349. The average molecular weight is 824 g/mol. The van der Waals surface area contributed by atoms with E-state index in [1.165, 1.54) is 34.1 Å². The molecule has 0 aromatic heterocycles. The Morgan fingerprint density at radius 2 is 1.31 bits per heavy atom. The number of rotatable bonds is 14. The summed E-state index contributed by atoms with van der Waals surface area (Å²) in [5.41, 5.74) is 0.683. The van der Waals surface area contributed by atoms with Crippen molar-refractivity contribution in [3.63, 3.8) is 0 Å². The lowest BCUT2D eigenvalue weighted by Crippen LogP contribution is -2.74. The second-order valence-corrected chi connectivity index (χ2v) is 15.7. The first kappa shape index (κ1) is 38.5. The van der Waals surface area contributed by atoms with Gasteiger partial charge in [0.15, 0.2) is 17.2 Å². The van der Waals surface area contributed by atoms with Gasteiger partial charge in [0.1, 0.15) is 12.6 Å². The number of amides is 2. The Bertz CT molecular complexity index is 2190. The van der Waals surface area contributed by atoms with Crippen molar-refractivity contribution in [2.75, 3.05) is 6.61 Å². The molecule has 296 valence electrons. The van der Waals surface area contributed by atoms with E-state index in [1.807, 2.05) is 30.3 Å². The van der Waals surface area contributed by atoms with Crippen LogP contribution < -0.4 is 18.7 Å². The summed E-state index contributed by atoms with van der Waals surface area (Å²) in [6, 6.07) is 38.3. The third-order valence-corrected chi connectivity index (χ3v) is 12.2. The Morgan fingerprint density at radius 3 is 1.83 bits per heavy atom. The molecule has 0 N–H and O–H groups in total. The summed E-state index contributed by atoms with van der Waals surface area (Å²) in [4.78, 5) is 41.1. The lowest BCUT2D eigenvalue weighted by Gasteiger charge is -2.57. The number of cyclic esters (lactones) is 1. The summed E-state index contributed by atoms with van der Waals surface area (Å²) >= 11 is 7.53. The fourth-order valence-electron chi connectivity index (χ4n) is 7.09. The molecule has 16 heteroatoms. The number of para-hydroxylation sites is 3. The minimum Gasteiger partial charge on any atom is -0.607 e. The molecular formula is C42H35ClN3O11P. The van der Waals surface area contributed by atoms with Gasteiger partial charge in [-0.05, 0) is 53.9 Å². The maximum atomic E-state index is 14.5. The van der Waals surface area contributed by atoms with Gasteiger partial charge in [0.2, 0.25) is 5.06 Å². The molecule has 0 spiro atoms. The van der Waals surface area contributed by atoms with Gasteiger partial charge in [0.25, 0.3) is 11.6 Å². The average Bonchev–Trinajstić information content (AvgIpc) is 3.61. The van der Waals surface area contributed by atoms with Crippen molar-refractivity contribution in [3.05, 3.63) is 178 Å². The summed E-state index contributed by atoms with van der Waals surface area (Å²) in [5, 5.41) is 23.6. The summed E-state index contributed by atoms with van der Waals surface area (Å²) in [7, 11) is -4.25. The van der Waals surface area contributed by atoms with E-state index in [0.29, 0.717) is 22.8 Å². The largest absolute Gasteiger partial charge is 0.719 e. The highest BCUT2D eigenvalue weighted by atomic mass is 35.5. The van der Waals surface area contributed by atoms with Crippen molar-refractivity contribution in [2.24, 2.45) is 0 Å². The second kappa shape index (κ2) is 16.3. The van der Waals surface area contributed by atoms with Gasteiger partial charge >= 0.3 is 14.3 Å². The number of nitro benzene ring substituents is 1. The van der Waals surface area contributed by atoms with E-state index in [1.54, 1.807) is 91.0 Å². The molecule has 0 aliphatic carbocycles. The quantitative estimate of drug-likeness (QED) is 0.0266. The number of piperidine rings is 1. The van der Waals surface area contributed by atoms with Crippen molar-refractivity contribution in [3.8, 4) is 17.2 Å². The van der Waals surface area contributed by atoms with Crippen LogP contribution in [0.5, 0.6) is 17.2 Å². The van der Waals surface area contributed by atoms with Crippen molar-refractivity contribution in [2.45, 2.75) is 42.6 Å². The van der Waals surface area contributed by atoms with Crippen LogP contribution >= 0.6 is 19.8 Å². The van der Waals surface area contributed by atoms with Gasteiger partial charge in [0, 0.05) is 25.2 Å². The summed E-state index contributed by atoms with van der Waals surface area (Å²) in [6.07, 6.45) is -0.607. The van der Waals surface area contributed by atoms with Crippen molar-refractivity contribution < 1.29 is 47.2 Å². The van der Waals surface area contributed by atoms with Crippen LogP contribution in [-0.4, -0.2) is 50.5 Å². The zero-order valence-corrected chi connectivity index (χ0v) is 32.2. The lowest BCUT2D eigenvalue weighted by molar-refractivity contribution is -0.384. The Labute approximate surface area is 338 Å². The molecule has 3 heterocycles. The lowest BCUT2D eigenvalue weighted by atomic mass is 9.81. The summed E-state index contributed by atoms with van der Waals surface area (Å²) < 4.78 is 37.6. The SMILES string of the molecule is O=C1[C@@H](N2C(=O)OCC2c2ccccc2)[C@H]2CCC(Cl)(O[P+](Oc3ccccc3)(Oc3ccccc3)Oc3ccccc3)/C(=C(\[O-])OCc3ccc([N+](=O)[O-])cc3)N12. The summed E-state index contributed by atoms with van der Waals surface area (Å²) in [5.74, 6) is -0.762. The van der Waals surface area contributed by atoms with Crippen molar-refractivity contribution in [1.82, 2.24) is 9.80 Å². The first-order valence-corrected chi connectivity index (χ1v) is 20.1. The van der Waals surface area contributed by atoms with E-state index < -0.39 is 54.2 Å². The number of β-lactam (4-membered cyclic amide) rings is 1. The fraction of sp³-hybridized carbons (Fsp3) is 0.190. The van der Waals surface area contributed by atoms with E-state index in [-0.39, 0.29) is 37.4 Å². The van der Waals surface area contributed by atoms with Crippen molar-refractivity contribution in [1.29, 1.82) is 0 Å². The normalized spacial score (nSPS) is 22.3. The number of alkyl halides is 1. The van der Waals surface area contributed by atoms with Gasteiger partial charge in [-0.3, -0.25) is 19.8 Å². The number of fused-ring (bicyclic) bond motifs is 1. The third-order valence-electron chi connectivity index (χ3n) is 9.79. The van der Waals surface area contributed by atoms with Gasteiger partial charge in [-0.1, -0.05) is 109 Å². The molecule has 3 aliphatic rings. The third kappa shape index (κ3) is 7.82. The maximum absolute atomic E-state index is 14.5. The predicted octanol–water partition coefficient (Wildman–Crippen LogP) is 8.07. The number of hydrogen-bond donors (Lipinski definition) is 0. The minimum atomic E-state index is -4.25. The smallest absolute Gasteiger partial charge is 0.607 e. The first-order valence-electron chi connectivity index (χ1n) is 18.3. The van der Waals surface area contributed by atoms with Gasteiger partial charge < -0.3 is 19.5 Å². The fourth-order valence-corrected chi connectivity index (χ4v) is 9.52. The predicted molar refractivity (Wildman–Crippen MR) is 209 cm³/mol. The number of ether oxygens (including phenoxy) is 2. The Kier molecular flexibility index (Phi) is 10.8. The molecule has 3 saturated heterocycles. The Morgan fingerprint density at radius 1 is 0.793 bits per heavy atom. The molecule has 0 bridgehead atoms. The zero-order chi connectivity index (χ0) is 40.3. The number of hydrogen-bond acceptors (Lipinski definition) is 11. The van der Waals surface area contributed by atoms with Crippen LogP contribution in [-0.2, 0) is 25.4 Å². The Hall–Kier alpha value is -6.34. The summed E-state index contributed by atoms with van der Waals surface area (Å²) in [6.45, 7) is -0.299. The van der Waals surface area contributed by atoms with Crippen LogP contribution in [0.15, 0.2) is 157 Å². The molecule has 14 nitrogen and oxygen atoms in total. The van der Waals surface area contributed by atoms with Gasteiger partial charge in [-0.15, -0.1) is 4.52 Å². The molecule has 5 aromatic carbocycles. The molecule has 2 amide bonds. The first-order chi connectivity index (χ1) is 28.1. The van der Waals surface area contributed by atoms with E-state index in [4.69, 9.17) is 39.2 Å².